The highest BCUT2D eigenvalue weighted by atomic mass is 35.5. The van der Waals surface area contributed by atoms with Crippen molar-refractivity contribution in [2.45, 2.75) is 44.6 Å². The summed E-state index contributed by atoms with van der Waals surface area (Å²) < 4.78 is 0. The molecular formula is C20H24ClN5O. The Morgan fingerprint density at radius 1 is 1.19 bits per heavy atom. The summed E-state index contributed by atoms with van der Waals surface area (Å²) in [7, 11) is 0. The predicted octanol–water partition coefficient (Wildman–Crippen LogP) is 3.31. The number of nitrogens with zero attached hydrogens (tertiary/aromatic N) is 3. The number of nitrogens with two attached hydrogens (primary N) is 1. The van der Waals surface area contributed by atoms with Crippen molar-refractivity contribution in [1.29, 1.82) is 0 Å². The van der Waals surface area contributed by atoms with E-state index in [9.17, 15) is 4.79 Å². The molecule has 7 heteroatoms. The molecule has 4 rings (SSSR count). The minimum absolute atomic E-state index is 0.142. The number of amides is 2. The standard InChI is InChI=1S/C20H24ClN5O/c21-14-5-3-4-13(12-14)18-24-17-7-2-1-6-16(17)19(25-18)26-10-8-15(9-11-26)23-20(22)27/h3-5,12,15H,1-2,6-11H2,(H3,22,23,27). The van der Waals surface area contributed by atoms with Gasteiger partial charge in [-0.1, -0.05) is 23.7 Å². The van der Waals surface area contributed by atoms with Crippen LogP contribution >= 0.6 is 11.6 Å². The molecule has 0 saturated carbocycles. The summed E-state index contributed by atoms with van der Waals surface area (Å²) >= 11 is 6.17. The van der Waals surface area contributed by atoms with Crippen LogP contribution in [-0.2, 0) is 12.8 Å². The first kappa shape index (κ1) is 18.0. The van der Waals surface area contributed by atoms with Gasteiger partial charge in [-0.05, 0) is 50.7 Å². The number of benzene rings is 1. The quantitative estimate of drug-likeness (QED) is 0.848. The third kappa shape index (κ3) is 4.00. The fourth-order valence-corrected chi connectivity index (χ4v) is 4.22. The number of carbonyl (C=O) groups excluding carboxylic acids is 1. The molecule has 27 heavy (non-hydrogen) atoms. The molecule has 1 aliphatic carbocycles. The Hall–Kier alpha value is -2.34. The number of primary amides is 1. The number of fused-ring (bicyclic) bond motifs is 1. The molecule has 2 aromatic rings. The lowest BCUT2D eigenvalue weighted by Crippen LogP contribution is -2.46. The van der Waals surface area contributed by atoms with Gasteiger partial charge < -0.3 is 16.0 Å². The van der Waals surface area contributed by atoms with Crippen LogP contribution in [0.25, 0.3) is 11.4 Å². The zero-order valence-electron chi connectivity index (χ0n) is 15.2. The highest BCUT2D eigenvalue weighted by molar-refractivity contribution is 6.30. The van der Waals surface area contributed by atoms with E-state index in [2.05, 4.69) is 10.2 Å². The Labute approximate surface area is 164 Å². The average molecular weight is 386 g/mol. The third-order valence-corrected chi connectivity index (χ3v) is 5.62. The number of hydrogen-bond acceptors (Lipinski definition) is 4. The first-order valence-corrected chi connectivity index (χ1v) is 9.94. The summed E-state index contributed by atoms with van der Waals surface area (Å²) in [5, 5.41) is 3.51. The maximum atomic E-state index is 11.1. The van der Waals surface area contributed by atoms with Crippen LogP contribution in [-0.4, -0.2) is 35.1 Å². The molecule has 3 N–H and O–H groups in total. The SMILES string of the molecule is NC(=O)NC1CCN(c2nc(-c3cccc(Cl)c3)nc3c2CCCC3)CC1. The molecule has 2 amide bonds. The van der Waals surface area contributed by atoms with Gasteiger partial charge in [0.05, 0.1) is 0 Å². The molecule has 0 bridgehead atoms. The van der Waals surface area contributed by atoms with Crippen LogP contribution in [0.15, 0.2) is 24.3 Å². The van der Waals surface area contributed by atoms with Gasteiger partial charge in [-0.2, -0.15) is 0 Å². The van der Waals surface area contributed by atoms with E-state index >= 15 is 0 Å². The lowest BCUT2D eigenvalue weighted by Gasteiger charge is -2.35. The lowest BCUT2D eigenvalue weighted by molar-refractivity contribution is 0.242. The van der Waals surface area contributed by atoms with E-state index in [1.807, 2.05) is 24.3 Å². The number of aryl methyl sites for hydroxylation is 1. The number of piperidine rings is 1. The molecule has 0 atom stereocenters. The second kappa shape index (κ2) is 7.72. The highest BCUT2D eigenvalue weighted by Gasteiger charge is 2.26. The Bertz CT molecular complexity index is 848. The number of hydrogen-bond donors (Lipinski definition) is 2. The highest BCUT2D eigenvalue weighted by Crippen LogP contribution is 2.32. The lowest BCUT2D eigenvalue weighted by atomic mass is 9.95. The van der Waals surface area contributed by atoms with Crippen LogP contribution in [0.4, 0.5) is 10.6 Å². The Morgan fingerprint density at radius 2 is 1.96 bits per heavy atom. The molecule has 2 heterocycles. The van der Waals surface area contributed by atoms with Gasteiger partial charge in [-0.25, -0.2) is 14.8 Å². The van der Waals surface area contributed by atoms with Gasteiger partial charge in [0.25, 0.3) is 0 Å². The molecule has 2 aliphatic rings. The molecule has 142 valence electrons. The van der Waals surface area contributed by atoms with Gasteiger partial charge in [-0.3, -0.25) is 0 Å². The molecule has 1 aromatic carbocycles. The maximum absolute atomic E-state index is 11.1. The van der Waals surface area contributed by atoms with Crippen molar-refractivity contribution in [1.82, 2.24) is 15.3 Å². The Morgan fingerprint density at radius 3 is 2.70 bits per heavy atom. The van der Waals surface area contributed by atoms with Crippen LogP contribution in [0.3, 0.4) is 0 Å². The van der Waals surface area contributed by atoms with Crippen molar-refractivity contribution in [3.8, 4) is 11.4 Å². The van der Waals surface area contributed by atoms with Crippen molar-refractivity contribution < 1.29 is 4.79 Å². The molecule has 0 unspecified atom stereocenters. The summed E-state index contributed by atoms with van der Waals surface area (Å²) in [6, 6.07) is 7.41. The van der Waals surface area contributed by atoms with Crippen LogP contribution in [0.1, 0.15) is 36.9 Å². The van der Waals surface area contributed by atoms with Gasteiger partial charge >= 0.3 is 6.03 Å². The average Bonchev–Trinajstić information content (AvgIpc) is 2.67. The van der Waals surface area contributed by atoms with Crippen molar-refractivity contribution in [3.05, 3.63) is 40.5 Å². The first-order chi connectivity index (χ1) is 13.1. The summed E-state index contributed by atoms with van der Waals surface area (Å²) in [4.78, 5) is 23.3. The largest absolute Gasteiger partial charge is 0.356 e. The van der Waals surface area contributed by atoms with E-state index in [-0.39, 0.29) is 6.04 Å². The predicted molar refractivity (Wildman–Crippen MR) is 107 cm³/mol. The van der Waals surface area contributed by atoms with E-state index in [0.717, 1.165) is 56.0 Å². The van der Waals surface area contributed by atoms with Crippen LogP contribution < -0.4 is 16.0 Å². The van der Waals surface area contributed by atoms with Crippen molar-refractivity contribution in [2.75, 3.05) is 18.0 Å². The van der Waals surface area contributed by atoms with Gasteiger partial charge in [0.2, 0.25) is 0 Å². The number of urea groups is 1. The van der Waals surface area contributed by atoms with E-state index in [1.165, 1.54) is 24.1 Å². The number of rotatable bonds is 3. The molecule has 0 radical (unpaired) electrons. The zero-order valence-corrected chi connectivity index (χ0v) is 16.0. The maximum Gasteiger partial charge on any atom is 0.312 e. The topological polar surface area (TPSA) is 84.1 Å². The summed E-state index contributed by atoms with van der Waals surface area (Å²) in [6.45, 7) is 1.70. The molecule has 1 saturated heterocycles. The molecule has 1 aliphatic heterocycles. The number of nitrogens with one attached hydrogen (secondary N) is 1. The fraction of sp³-hybridized carbons (Fsp3) is 0.450. The van der Waals surface area contributed by atoms with Crippen molar-refractivity contribution >= 4 is 23.4 Å². The molecular weight excluding hydrogens is 362 g/mol. The van der Waals surface area contributed by atoms with Crippen LogP contribution in [0.2, 0.25) is 5.02 Å². The summed E-state index contributed by atoms with van der Waals surface area (Å²) in [5.74, 6) is 1.79. The minimum atomic E-state index is -0.448. The third-order valence-electron chi connectivity index (χ3n) is 5.38. The fourth-order valence-electron chi connectivity index (χ4n) is 4.03. The number of carbonyl (C=O) groups is 1. The minimum Gasteiger partial charge on any atom is -0.356 e. The number of aromatic nitrogens is 2. The van der Waals surface area contributed by atoms with Crippen molar-refractivity contribution in [3.63, 3.8) is 0 Å². The van der Waals surface area contributed by atoms with Crippen LogP contribution in [0.5, 0.6) is 0 Å². The summed E-state index contributed by atoms with van der Waals surface area (Å²) in [6.07, 6.45) is 6.11. The molecule has 1 fully saturated rings. The molecule has 0 spiro atoms. The number of halogens is 1. The Balaban J connectivity index is 1.65. The second-order valence-corrected chi connectivity index (χ2v) is 7.72. The Kier molecular flexibility index (Phi) is 5.16. The summed E-state index contributed by atoms with van der Waals surface area (Å²) in [5.41, 5.74) is 8.66. The second-order valence-electron chi connectivity index (χ2n) is 7.28. The normalized spacial score (nSPS) is 17.4. The van der Waals surface area contributed by atoms with E-state index < -0.39 is 6.03 Å². The van der Waals surface area contributed by atoms with Crippen LogP contribution in [0, 0.1) is 0 Å². The molecule has 1 aromatic heterocycles. The monoisotopic (exact) mass is 385 g/mol. The van der Waals surface area contributed by atoms with Gasteiger partial charge in [-0.15, -0.1) is 0 Å². The smallest absolute Gasteiger partial charge is 0.312 e. The van der Waals surface area contributed by atoms with E-state index in [1.54, 1.807) is 0 Å². The molecule has 6 nitrogen and oxygen atoms in total. The first-order valence-electron chi connectivity index (χ1n) is 9.57. The van der Waals surface area contributed by atoms with Gasteiger partial charge in [0, 0.05) is 41.0 Å². The number of anilines is 1. The van der Waals surface area contributed by atoms with Crippen molar-refractivity contribution in [2.24, 2.45) is 5.73 Å². The van der Waals surface area contributed by atoms with E-state index in [0.29, 0.717) is 5.02 Å². The van der Waals surface area contributed by atoms with Gasteiger partial charge in [0.15, 0.2) is 5.82 Å². The van der Waals surface area contributed by atoms with Gasteiger partial charge in [0.1, 0.15) is 5.82 Å². The van der Waals surface area contributed by atoms with E-state index in [4.69, 9.17) is 27.3 Å². The zero-order chi connectivity index (χ0) is 18.8.